The molecule has 1 unspecified atom stereocenters. The van der Waals surface area contributed by atoms with Crippen molar-refractivity contribution in [2.75, 3.05) is 0 Å². The van der Waals surface area contributed by atoms with Crippen LogP contribution in [-0.4, -0.2) is 22.0 Å². The first-order valence-corrected chi connectivity index (χ1v) is 11.8. The van der Waals surface area contributed by atoms with Crippen molar-refractivity contribution in [1.29, 1.82) is 5.26 Å². The first kappa shape index (κ1) is 25.8. The number of rotatable bonds is 8. The molecule has 2 aromatic carbocycles. The van der Waals surface area contributed by atoms with E-state index in [9.17, 15) is 10.1 Å². The minimum atomic E-state index is -0.904. The normalized spacial score (nSPS) is 12.9. The molecule has 3 rings (SSSR count). The third-order valence-electron chi connectivity index (χ3n) is 5.59. The van der Waals surface area contributed by atoms with Crippen molar-refractivity contribution >= 4 is 17.3 Å². The lowest BCUT2D eigenvalue weighted by Crippen LogP contribution is -2.20. The molecule has 6 heteroatoms. The van der Waals surface area contributed by atoms with Gasteiger partial charge in [0.25, 0.3) is 0 Å². The van der Waals surface area contributed by atoms with Gasteiger partial charge in [-0.15, -0.1) is 0 Å². The summed E-state index contributed by atoms with van der Waals surface area (Å²) in [5, 5.41) is 14.7. The molecule has 0 aliphatic heterocycles. The number of nitriles is 1. The maximum Gasteiger partial charge on any atom is 0.313 e. The average molecular weight is 472 g/mol. The van der Waals surface area contributed by atoms with Crippen LogP contribution >= 0.6 is 0 Å². The van der Waals surface area contributed by atoms with E-state index in [1.54, 1.807) is 11.6 Å². The number of carbonyl (C=O) groups is 1. The number of benzene rings is 2. The maximum absolute atomic E-state index is 12.5. The van der Waals surface area contributed by atoms with Crippen LogP contribution in [0.25, 0.3) is 11.3 Å². The Morgan fingerprint density at radius 1 is 1.09 bits per heavy atom. The molecule has 0 aliphatic rings. The van der Waals surface area contributed by atoms with Gasteiger partial charge in [-0.2, -0.15) is 10.4 Å². The van der Waals surface area contributed by atoms with Gasteiger partial charge >= 0.3 is 5.97 Å². The van der Waals surface area contributed by atoms with Crippen molar-refractivity contribution in [2.45, 2.75) is 66.2 Å². The fourth-order valence-electron chi connectivity index (χ4n) is 3.78. The zero-order valence-corrected chi connectivity index (χ0v) is 21.3. The lowest BCUT2D eigenvalue weighted by atomic mass is 9.86. The Kier molecular flexibility index (Phi) is 8.14. The summed E-state index contributed by atoms with van der Waals surface area (Å²) in [6.45, 7) is 12.5. The number of aryl methyl sites for hydroxylation is 2. The van der Waals surface area contributed by atoms with Gasteiger partial charge in [0.2, 0.25) is 6.29 Å². The average Bonchev–Trinajstić information content (AvgIpc) is 3.19. The molecule has 0 spiro atoms. The number of allylic oxidation sites excluding steroid dienone is 1. The van der Waals surface area contributed by atoms with E-state index in [2.05, 4.69) is 31.9 Å². The number of hydrogen-bond acceptors (Lipinski definition) is 5. The van der Waals surface area contributed by atoms with Crippen LogP contribution in [0.1, 0.15) is 62.7 Å². The number of aromatic nitrogens is 2. The molecule has 0 saturated heterocycles. The van der Waals surface area contributed by atoms with E-state index in [4.69, 9.17) is 9.47 Å². The van der Waals surface area contributed by atoms with Crippen LogP contribution < -0.4 is 0 Å². The Hall–Kier alpha value is -3.85. The van der Waals surface area contributed by atoms with Crippen molar-refractivity contribution < 1.29 is 14.3 Å². The largest absolute Gasteiger partial charge is 0.451 e. The van der Waals surface area contributed by atoms with Gasteiger partial charge < -0.3 is 9.47 Å². The molecule has 1 heterocycles. The first-order chi connectivity index (χ1) is 16.6. The summed E-state index contributed by atoms with van der Waals surface area (Å²) >= 11 is 0. The van der Waals surface area contributed by atoms with Crippen LogP contribution in [0.4, 0.5) is 0 Å². The van der Waals surface area contributed by atoms with Gasteiger partial charge in [0.05, 0.1) is 12.1 Å². The predicted octanol–water partition coefficient (Wildman–Crippen LogP) is 6.05. The number of carbonyl (C=O) groups excluding carboxylic acids is 1. The molecule has 35 heavy (non-hydrogen) atoms. The second-order valence-electron chi connectivity index (χ2n) is 9.47. The summed E-state index contributed by atoms with van der Waals surface area (Å²) in [6.07, 6.45) is -0.766. The molecular formula is C29H33N3O3. The van der Waals surface area contributed by atoms with Crippen molar-refractivity contribution in [1.82, 2.24) is 9.78 Å². The summed E-state index contributed by atoms with van der Waals surface area (Å²) in [7, 11) is 0. The summed E-state index contributed by atoms with van der Waals surface area (Å²) in [5.74, 6) is -0.0743. The van der Waals surface area contributed by atoms with Crippen LogP contribution in [0.2, 0.25) is 0 Å². The van der Waals surface area contributed by atoms with Crippen molar-refractivity contribution in [3.8, 4) is 6.07 Å². The van der Waals surface area contributed by atoms with Crippen LogP contribution in [0.3, 0.4) is 0 Å². The highest BCUT2D eigenvalue weighted by Gasteiger charge is 2.23. The summed E-state index contributed by atoms with van der Waals surface area (Å²) < 4.78 is 13.5. The van der Waals surface area contributed by atoms with Crippen LogP contribution in [-0.2, 0) is 32.6 Å². The van der Waals surface area contributed by atoms with Crippen molar-refractivity contribution in [3.63, 3.8) is 0 Å². The van der Waals surface area contributed by atoms with Gasteiger partial charge in [0, 0.05) is 13.5 Å². The van der Waals surface area contributed by atoms with E-state index in [-0.39, 0.29) is 11.8 Å². The van der Waals surface area contributed by atoms with Crippen LogP contribution in [0.5, 0.6) is 0 Å². The number of ether oxygens (including phenoxy) is 2. The standard InChI is InChI=1S/C29H33N3O3/c1-7-32-26(17-20(2)31-32)28(25(19-30)23-13-15-24(16-14-23)29(4,5)6)35-21(3)34-27(33)18-22-11-9-8-10-12-22/h8-17,21H,7,18H2,1-6H3/b28-25-. The number of hydrogen-bond donors (Lipinski definition) is 0. The SMILES string of the molecule is CCn1nc(C)cc1/C(OC(C)OC(=O)Cc1ccccc1)=C(\C#N)c1ccc(C(C)(C)C)cc1. The minimum Gasteiger partial charge on any atom is -0.451 e. The van der Waals surface area contributed by atoms with Gasteiger partial charge in [0.1, 0.15) is 17.3 Å². The van der Waals surface area contributed by atoms with Gasteiger partial charge in [-0.05, 0) is 42.0 Å². The van der Waals surface area contributed by atoms with E-state index in [1.807, 2.05) is 74.5 Å². The monoisotopic (exact) mass is 471 g/mol. The topological polar surface area (TPSA) is 77.1 Å². The quantitative estimate of drug-likeness (QED) is 0.173. The third kappa shape index (κ3) is 6.60. The molecular weight excluding hydrogens is 438 g/mol. The molecule has 0 amide bonds. The van der Waals surface area contributed by atoms with Gasteiger partial charge in [-0.1, -0.05) is 75.4 Å². The summed E-state index contributed by atoms with van der Waals surface area (Å²) in [6, 6.07) is 21.5. The fraction of sp³-hybridized carbons (Fsp3) is 0.345. The van der Waals surface area contributed by atoms with Gasteiger partial charge in [-0.25, -0.2) is 0 Å². The van der Waals surface area contributed by atoms with E-state index >= 15 is 0 Å². The second-order valence-corrected chi connectivity index (χ2v) is 9.47. The van der Waals surface area contributed by atoms with Gasteiger partial charge in [-0.3, -0.25) is 9.48 Å². The maximum atomic E-state index is 12.5. The predicted molar refractivity (Wildman–Crippen MR) is 137 cm³/mol. The zero-order chi connectivity index (χ0) is 25.6. The van der Waals surface area contributed by atoms with Crippen LogP contribution in [0.15, 0.2) is 60.7 Å². The Morgan fingerprint density at radius 3 is 2.31 bits per heavy atom. The molecule has 3 aromatic rings. The summed E-state index contributed by atoms with van der Waals surface area (Å²) in [5.41, 5.74) is 4.55. The number of esters is 1. The minimum absolute atomic E-state index is 0.00616. The Bertz CT molecular complexity index is 1230. The van der Waals surface area contributed by atoms with Crippen molar-refractivity contribution in [3.05, 3.63) is 88.7 Å². The van der Waals surface area contributed by atoms with E-state index in [0.29, 0.717) is 23.6 Å². The van der Waals surface area contributed by atoms with Gasteiger partial charge in [0.15, 0.2) is 5.76 Å². The molecule has 0 N–H and O–H groups in total. The molecule has 182 valence electrons. The first-order valence-electron chi connectivity index (χ1n) is 11.8. The lowest BCUT2D eigenvalue weighted by molar-refractivity contribution is -0.163. The molecule has 6 nitrogen and oxygen atoms in total. The highest BCUT2D eigenvalue weighted by molar-refractivity contribution is 5.94. The van der Waals surface area contributed by atoms with E-state index < -0.39 is 12.3 Å². The Morgan fingerprint density at radius 2 is 1.74 bits per heavy atom. The smallest absolute Gasteiger partial charge is 0.313 e. The molecule has 0 radical (unpaired) electrons. The highest BCUT2D eigenvalue weighted by atomic mass is 16.7. The van der Waals surface area contributed by atoms with E-state index in [1.165, 1.54) is 5.56 Å². The zero-order valence-electron chi connectivity index (χ0n) is 21.3. The number of nitrogens with zero attached hydrogens (tertiary/aromatic N) is 3. The lowest BCUT2D eigenvalue weighted by Gasteiger charge is -2.21. The summed E-state index contributed by atoms with van der Waals surface area (Å²) in [4.78, 5) is 12.5. The molecule has 0 bridgehead atoms. The molecule has 0 fully saturated rings. The van der Waals surface area contributed by atoms with Crippen molar-refractivity contribution in [2.24, 2.45) is 0 Å². The fourth-order valence-corrected chi connectivity index (χ4v) is 3.78. The molecule has 0 saturated carbocycles. The van der Waals surface area contributed by atoms with Crippen LogP contribution in [0, 0.1) is 18.3 Å². The molecule has 0 aliphatic carbocycles. The molecule has 1 atom stereocenters. The third-order valence-corrected chi connectivity index (χ3v) is 5.59. The van der Waals surface area contributed by atoms with E-state index in [0.717, 1.165) is 16.8 Å². The molecule has 1 aromatic heterocycles. The Labute approximate surface area is 207 Å². The highest BCUT2D eigenvalue weighted by Crippen LogP contribution is 2.31. The second kappa shape index (κ2) is 11.1. The Balaban J connectivity index is 1.96.